The molecule has 2 nitrogen and oxygen atoms in total. The van der Waals surface area contributed by atoms with Crippen molar-refractivity contribution in [1.82, 2.24) is 10.2 Å². The Balaban J connectivity index is 1.99. The van der Waals surface area contributed by atoms with E-state index in [1.165, 1.54) is 24.2 Å². The summed E-state index contributed by atoms with van der Waals surface area (Å²) < 4.78 is 0. The number of benzene rings is 1. The van der Waals surface area contributed by atoms with Crippen molar-refractivity contribution >= 4 is 0 Å². The topological polar surface area (TPSA) is 15.3 Å². The summed E-state index contributed by atoms with van der Waals surface area (Å²) in [5.74, 6) is 1.67. The van der Waals surface area contributed by atoms with Crippen molar-refractivity contribution in [3.8, 4) is 0 Å². The molecule has 1 fully saturated rings. The summed E-state index contributed by atoms with van der Waals surface area (Å²) in [5.41, 5.74) is 2.93. The maximum Gasteiger partial charge on any atom is 0.0237 e. The van der Waals surface area contributed by atoms with E-state index in [1.807, 2.05) is 0 Å². The van der Waals surface area contributed by atoms with Gasteiger partial charge in [0.1, 0.15) is 0 Å². The van der Waals surface area contributed by atoms with Gasteiger partial charge in [-0.25, -0.2) is 0 Å². The fraction of sp³-hybridized carbons (Fsp3) is 0.647. The lowest BCUT2D eigenvalue weighted by atomic mass is 10.0. The van der Waals surface area contributed by atoms with Crippen LogP contribution in [0.25, 0.3) is 0 Å². The highest BCUT2D eigenvalue weighted by atomic mass is 15.1. The molecule has 1 saturated heterocycles. The van der Waals surface area contributed by atoms with Gasteiger partial charge in [-0.15, -0.1) is 0 Å². The predicted octanol–water partition coefficient (Wildman–Crippen LogP) is 3.27. The van der Waals surface area contributed by atoms with Gasteiger partial charge >= 0.3 is 0 Å². The summed E-state index contributed by atoms with van der Waals surface area (Å²) in [6.45, 7) is 13.7. The molecule has 2 heteroatoms. The number of nitrogens with zero attached hydrogens (tertiary/aromatic N) is 1. The molecular formula is C17H28N2. The SMILES string of the molecule is CC(C)NCc1ccccc1CN1CC(C)C(C)C1. The molecular weight excluding hydrogens is 232 g/mol. The molecule has 2 atom stereocenters. The Labute approximate surface area is 118 Å². The highest BCUT2D eigenvalue weighted by Crippen LogP contribution is 2.24. The Morgan fingerprint density at radius 1 is 1.11 bits per heavy atom. The zero-order valence-corrected chi connectivity index (χ0v) is 12.8. The molecule has 19 heavy (non-hydrogen) atoms. The molecule has 0 amide bonds. The lowest BCUT2D eigenvalue weighted by molar-refractivity contribution is 0.315. The van der Waals surface area contributed by atoms with E-state index in [0.717, 1.165) is 24.9 Å². The maximum atomic E-state index is 3.53. The van der Waals surface area contributed by atoms with E-state index in [0.29, 0.717) is 6.04 Å². The fourth-order valence-electron chi connectivity index (χ4n) is 2.82. The summed E-state index contributed by atoms with van der Waals surface area (Å²) in [4.78, 5) is 2.60. The maximum absolute atomic E-state index is 3.53. The second kappa shape index (κ2) is 6.53. The van der Waals surface area contributed by atoms with Crippen molar-refractivity contribution in [3.05, 3.63) is 35.4 Å². The van der Waals surface area contributed by atoms with Gasteiger partial charge in [0.2, 0.25) is 0 Å². The first-order valence-corrected chi connectivity index (χ1v) is 7.58. The van der Waals surface area contributed by atoms with Crippen LogP contribution in [0.15, 0.2) is 24.3 Å². The molecule has 1 aliphatic heterocycles. The standard InChI is InChI=1S/C17H28N2/c1-13(2)18-9-16-7-5-6-8-17(16)12-19-10-14(3)15(4)11-19/h5-8,13-15,18H,9-12H2,1-4H3. The van der Waals surface area contributed by atoms with Crippen molar-refractivity contribution in [2.24, 2.45) is 11.8 Å². The summed E-state index contributed by atoms with van der Waals surface area (Å²) >= 11 is 0. The van der Waals surface area contributed by atoms with Crippen LogP contribution < -0.4 is 5.32 Å². The van der Waals surface area contributed by atoms with E-state index >= 15 is 0 Å². The predicted molar refractivity (Wildman–Crippen MR) is 82.0 cm³/mol. The van der Waals surface area contributed by atoms with Crippen molar-refractivity contribution in [2.45, 2.75) is 46.8 Å². The Morgan fingerprint density at radius 3 is 2.26 bits per heavy atom. The summed E-state index contributed by atoms with van der Waals surface area (Å²) in [6.07, 6.45) is 0. The highest BCUT2D eigenvalue weighted by Gasteiger charge is 2.26. The molecule has 2 unspecified atom stereocenters. The van der Waals surface area contributed by atoms with Crippen LogP contribution in [0.1, 0.15) is 38.8 Å². The third kappa shape index (κ3) is 4.05. The third-order valence-electron chi connectivity index (χ3n) is 4.28. The van der Waals surface area contributed by atoms with Crippen LogP contribution in [0.2, 0.25) is 0 Å². The molecule has 1 aromatic rings. The number of rotatable bonds is 5. The molecule has 0 spiro atoms. The third-order valence-corrected chi connectivity index (χ3v) is 4.28. The lowest BCUT2D eigenvalue weighted by Crippen LogP contribution is -2.25. The van der Waals surface area contributed by atoms with Crippen molar-refractivity contribution < 1.29 is 0 Å². The van der Waals surface area contributed by atoms with Gasteiger partial charge < -0.3 is 5.32 Å². The van der Waals surface area contributed by atoms with E-state index in [2.05, 4.69) is 62.2 Å². The molecule has 1 aliphatic rings. The smallest absolute Gasteiger partial charge is 0.0237 e. The zero-order valence-electron chi connectivity index (χ0n) is 12.8. The van der Waals surface area contributed by atoms with Crippen LogP contribution in [-0.4, -0.2) is 24.0 Å². The quantitative estimate of drug-likeness (QED) is 0.874. The van der Waals surface area contributed by atoms with E-state index < -0.39 is 0 Å². The average molecular weight is 260 g/mol. The van der Waals surface area contributed by atoms with Gasteiger partial charge in [0.15, 0.2) is 0 Å². The van der Waals surface area contributed by atoms with Crippen LogP contribution in [0.5, 0.6) is 0 Å². The normalized spacial score (nSPS) is 24.3. The van der Waals surface area contributed by atoms with Crippen LogP contribution in [0.4, 0.5) is 0 Å². The van der Waals surface area contributed by atoms with E-state index in [1.54, 1.807) is 0 Å². The molecule has 1 heterocycles. The molecule has 0 saturated carbocycles. The minimum atomic E-state index is 0.542. The first kappa shape index (κ1) is 14.5. The highest BCUT2D eigenvalue weighted by molar-refractivity contribution is 5.27. The summed E-state index contributed by atoms with van der Waals surface area (Å²) in [7, 11) is 0. The second-order valence-corrected chi connectivity index (χ2v) is 6.45. The molecule has 0 radical (unpaired) electrons. The monoisotopic (exact) mass is 260 g/mol. The van der Waals surface area contributed by atoms with Gasteiger partial charge in [-0.2, -0.15) is 0 Å². The summed E-state index contributed by atoms with van der Waals surface area (Å²) in [5, 5.41) is 3.53. The van der Waals surface area contributed by atoms with E-state index in [-0.39, 0.29) is 0 Å². The van der Waals surface area contributed by atoms with Gasteiger partial charge in [0, 0.05) is 32.2 Å². The van der Waals surface area contributed by atoms with Crippen LogP contribution in [-0.2, 0) is 13.1 Å². The molecule has 0 aromatic heterocycles. The van der Waals surface area contributed by atoms with Crippen LogP contribution in [0, 0.1) is 11.8 Å². The van der Waals surface area contributed by atoms with E-state index in [9.17, 15) is 0 Å². The number of hydrogen-bond donors (Lipinski definition) is 1. The number of nitrogens with one attached hydrogen (secondary N) is 1. The fourth-order valence-corrected chi connectivity index (χ4v) is 2.82. The van der Waals surface area contributed by atoms with Crippen LogP contribution >= 0.6 is 0 Å². The second-order valence-electron chi connectivity index (χ2n) is 6.45. The molecule has 2 rings (SSSR count). The van der Waals surface area contributed by atoms with Crippen molar-refractivity contribution in [1.29, 1.82) is 0 Å². The first-order valence-electron chi connectivity index (χ1n) is 7.58. The lowest BCUT2D eigenvalue weighted by Gasteiger charge is -2.19. The molecule has 1 aromatic carbocycles. The average Bonchev–Trinajstić information content (AvgIpc) is 2.67. The van der Waals surface area contributed by atoms with Crippen molar-refractivity contribution in [3.63, 3.8) is 0 Å². The molecule has 106 valence electrons. The Kier molecular flexibility index (Phi) is 5.00. The minimum Gasteiger partial charge on any atom is -0.310 e. The van der Waals surface area contributed by atoms with Gasteiger partial charge in [-0.05, 0) is 23.0 Å². The Hall–Kier alpha value is -0.860. The van der Waals surface area contributed by atoms with E-state index in [4.69, 9.17) is 0 Å². The Morgan fingerprint density at radius 2 is 1.68 bits per heavy atom. The Bertz CT molecular complexity index is 390. The molecule has 0 bridgehead atoms. The van der Waals surface area contributed by atoms with Gasteiger partial charge in [-0.3, -0.25) is 4.90 Å². The molecule has 0 aliphatic carbocycles. The largest absolute Gasteiger partial charge is 0.310 e. The zero-order chi connectivity index (χ0) is 13.8. The minimum absolute atomic E-state index is 0.542. The number of hydrogen-bond acceptors (Lipinski definition) is 2. The summed E-state index contributed by atoms with van der Waals surface area (Å²) in [6, 6.07) is 9.39. The van der Waals surface area contributed by atoms with Gasteiger partial charge in [-0.1, -0.05) is 52.0 Å². The number of likely N-dealkylation sites (tertiary alicyclic amines) is 1. The van der Waals surface area contributed by atoms with Crippen LogP contribution in [0.3, 0.4) is 0 Å². The van der Waals surface area contributed by atoms with Crippen molar-refractivity contribution in [2.75, 3.05) is 13.1 Å². The van der Waals surface area contributed by atoms with Gasteiger partial charge in [0.25, 0.3) is 0 Å². The first-order chi connectivity index (χ1) is 9.06. The molecule has 1 N–H and O–H groups in total. The van der Waals surface area contributed by atoms with Gasteiger partial charge in [0.05, 0.1) is 0 Å².